The lowest BCUT2D eigenvalue weighted by Crippen LogP contribution is -2.20. The molecule has 0 aliphatic rings. The van der Waals surface area contributed by atoms with Crippen LogP contribution in [0.4, 0.5) is 0 Å². The number of rotatable bonds is 12. The molecule has 4 aromatic heterocycles. The van der Waals surface area contributed by atoms with Crippen molar-refractivity contribution in [1.29, 1.82) is 0 Å². The van der Waals surface area contributed by atoms with Crippen LogP contribution in [-0.2, 0) is 27.3 Å². The molecule has 7 rings (SSSR count). The first-order valence-electron chi connectivity index (χ1n) is 16.5. The highest BCUT2D eigenvalue weighted by molar-refractivity contribution is 6.00. The Kier molecular flexibility index (Phi) is 9.78. The summed E-state index contributed by atoms with van der Waals surface area (Å²) in [6.45, 7) is 0.838. The summed E-state index contributed by atoms with van der Waals surface area (Å²) >= 11 is 0. The highest BCUT2D eigenvalue weighted by Crippen LogP contribution is 2.16. The number of nitrogens with one attached hydrogen (secondary N) is 2. The molecule has 0 aliphatic carbocycles. The van der Waals surface area contributed by atoms with Gasteiger partial charge in [0.15, 0.2) is 24.6 Å². The molecular weight excluding hydrogens is 656 g/mol. The lowest BCUT2D eigenvalue weighted by atomic mass is 10.1. The van der Waals surface area contributed by atoms with Gasteiger partial charge in [0.25, 0.3) is 23.1 Å². The number of carbonyl (C=O) groups excluding carboxylic acids is 2. The van der Waals surface area contributed by atoms with Crippen molar-refractivity contribution in [3.8, 4) is 11.5 Å². The van der Waals surface area contributed by atoms with Crippen LogP contribution in [0.25, 0.3) is 11.3 Å². The third-order valence-corrected chi connectivity index (χ3v) is 8.54. The third kappa shape index (κ3) is 7.71. The fourth-order valence-electron chi connectivity index (χ4n) is 5.61. The highest BCUT2D eigenvalue weighted by Gasteiger charge is 2.15. The predicted octanol–water partition coefficient (Wildman–Crippen LogP) is 4.53. The van der Waals surface area contributed by atoms with Crippen LogP contribution in [0.2, 0.25) is 0 Å². The molecule has 0 unspecified atom stereocenters. The molecule has 52 heavy (non-hydrogen) atoms. The molecule has 258 valence electrons. The first-order chi connectivity index (χ1) is 25.4. The average Bonchev–Trinajstić information content (AvgIpc) is 3.68. The first-order valence-corrected chi connectivity index (χ1v) is 16.5. The minimum Gasteiger partial charge on any atom is -0.485 e. The maximum Gasteiger partial charge on any atom is 0.286 e. The zero-order valence-electron chi connectivity index (χ0n) is 28.6. The summed E-state index contributed by atoms with van der Waals surface area (Å²) in [5.41, 5.74) is 11.4. The van der Waals surface area contributed by atoms with E-state index >= 15 is 0 Å². The Morgan fingerprint density at radius 1 is 0.615 bits per heavy atom. The number of hydrazone groups is 2. The van der Waals surface area contributed by atoms with Gasteiger partial charge >= 0.3 is 0 Å². The maximum atomic E-state index is 12.8. The van der Waals surface area contributed by atoms with Gasteiger partial charge in [0.05, 0.1) is 38.9 Å². The number of aryl methyl sites for hydroxylation is 2. The zero-order valence-corrected chi connectivity index (χ0v) is 28.6. The SMILES string of the molecule is Cn1c(COc2ccc(/C=N\NC(=O)c3cccc(C(=O)N/N=C/c4ccc(OCc5c[n+]6ccccc6n5C)cc4)c3)cc2)c[n+]2ccccc12. The standard InChI is InChI=1S/C40H34N8O4/c1-45-33(25-47-20-5-3-10-37(45)47)27-51-35-16-12-29(13-17-35)23-41-43-39(49)31-8-7-9-32(22-31)40(50)44-42-24-30-14-18-36(19-15-30)52-28-34-26-48-21-6-4-11-38(48)46(34)2/h3-26H,27-28H2,1-2H3/p+2/b41-23-,42-24+. The zero-order chi connectivity index (χ0) is 35.9. The van der Waals surface area contributed by atoms with Crippen molar-refractivity contribution < 1.29 is 27.9 Å². The predicted molar refractivity (Wildman–Crippen MR) is 195 cm³/mol. The van der Waals surface area contributed by atoms with Crippen LogP contribution in [0.3, 0.4) is 0 Å². The number of pyridine rings is 2. The molecule has 0 atom stereocenters. The van der Waals surface area contributed by atoms with E-state index in [1.165, 1.54) is 18.5 Å². The summed E-state index contributed by atoms with van der Waals surface area (Å²) in [6.07, 6.45) is 11.2. The normalized spacial score (nSPS) is 11.4. The molecule has 0 bridgehead atoms. The number of aromatic nitrogens is 4. The van der Waals surface area contributed by atoms with E-state index < -0.39 is 11.8 Å². The Morgan fingerprint density at radius 2 is 1.06 bits per heavy atom. The molecule has 12 heteroatoms. The van der Waals surface area contributed by atoms with Crippen molar-refractivity contribution >= 4 is 35.5 Å². The maximum absolute atomic E-state index is 12.8. The average molecular weight is 693 g/mol. The van der Waals surface area contributed by atoms with Gasteiger partial charge in [-0.15, -0.1) is 0 Å². The van der Waals surface area contributed by atoms with Crippen LogP contribution < -0.4 is 29.1 Å². The fourth-order valence-corrected chi connectivity index (χ4v) is 5.61. The van der Waals surface area contributed by atoms with E-state index in [2.05, 4.69) is 39.0 Å². The second-order valence-electron chi connectivity index (χ2n) is 12.0. The summed E-state index contributed by atoms with van der Waals surface area (Å²) in [5.74, 6) is 0.518. The quantitative estimate of drug-likeness (QED) is 0.111. The molecule has 3 aromatic carbocycles. The Morgan fingerprint density at radius 3 is 1.48 bits per heavy atom. The number of imidazole rings is 2. The van der Waals surface area contributed by atoms with Crippen LogP contribution in [-0.4, -0.2) is 33.4 Å². The lowest BCUT2D eigenvalue weighted by Gasteiger charge is -2.05. The molecule has 0 saturated heterocycles. The van der Waals surface area contributed by atoms with Gasteiger partial charge in [0, 0.05) is 23.3 Å². The Balaban J connectivity index is 0.866. The molecule has 12 nitrogen and oxygen atoms in total. The van der Waals surface area contributed by atoms with Crippen molar-refractivity contribution in [2.24, 2.45) is 24.3 Å². The minimum absolute atomic E-state index is 0.279. The number of carbonyl (C=O) groups is 2. The van der Waals surface area contributed by atoms with E-state index in [0.29, 0.717) is 24.7 Å². The minimum atomic E-state index is -0.455. The van der Waals surface area contributed by atoms with E-state index in [0.717, 1.165) is 33.8 Å². The van der Waals surface area contributed by atoms with E-state index in [4.69, 9.17) is 9.47 Å². The van der Waals surface area contributed by atoms with Crippen LogP contribution in [0.1, 0.15) is 43.2 Å². The Hall–Kier alpha value is -7.08. The van der Waals surface area contributed by atoms with E-state index in [1.807, 2.05) is 124 Å². The largest absolute Gasteiger partial charge is 0.485 e. The molecule has 7 aromatic rings. The van der Waals surface area contributed by atoms with Crippen molar-refractivity contribution in [2.75, 3.05) is 0 Å². The van der Waals surface area contributed by atoms with Gasteiger partial charge in [-0.1, -0.05) is 18.2 Å². The van der Waals surface area contributed by atoms with Gasteiger partial charge in [-0.2, -0.15) is 10.2 Å². The fraction of sp³-hybridized carbons (Fsp3) is 0.100. The topological polar surface area (TPSA) is 119 Å². The number of ether oxygens (including phenoxy) is 2. The van der Waals surface area contributed by atoms with E-state index in [-0.39, 0.29) is 11.1 Å². The van der Waals surface area contributed by atoms with Crippen molar-refractivity contribution in [3.63, 3.8) is 0 Å². The molecule has 2 amide bonds. The number of benzene rings is 3. The van der Waals surface area contributed by atoms with Crippen LogP contribution in [0, 0.1) is 0 Å². The van der Waals surface area contributed by atoms with Crippen molar-refractivity contribution in [1.82, 2.24) is 20.0 Å². The number of hydrogen-bond acceptors (Lipinski definition) is 6. The molecule has 0 saturated carbocycles. The summed E-state index contributed by atoms with van der Waals surface area (Å²) in [7, 11) is 4.02. The number of amides is 2. The molecule has 0 radical (unpaired) electrons. The summed E-state index contributed by atoms with van der Waals surface area (Å²) in [4.78, 5) is 25.5. The smallest absolute Gasteiger partial charge is 0.286 e. The molecule has 0 fully saturated rings. The highest BCUT2D eigenvalue weighted by atomic mass is 16.5. The van der Waals surface area contributed by atoms with Gasteiger partial charge in [-0.05, 0) is 90.0 Å². The second-order valence-corrected chi connectivity index (χ2v) is 12.0. The van der Waals surface area contributed by atoms with E-state index in [1.54, 1.807) is 18.2 Å². The van der Waals surface area contributed by atoms with Gasteiger partial charge in [-0.25, -0.2) is 28.8 Å². The van der Waals surface area contributed by atoms with Gasteiger partial charge in [0.2, 0.25) is 0 Å². The second kappa shape index (κ2) is 15.2. The first kappa shape index (κ1) is 33.4. The van der Waals surface area contributed by atoms with E-state index in [9.17, 15) is 9.59 Å². The van der Waals surface area contributed by atoms with Crippen molar-refractivity contribution in [3.05, 3.63) is 168 Å². The summed E-state index contributed by atoms with van der Waals surface area (Å²) in [5, 5.41) is 8.15. The van der Waals surface area contributed by atoms with Crippen LogP contribution in [0.15, 0.2) is 144 Å². The molecule has 4 heterocycles. The molecule has 2 N–H and O–H groups in total. The van der Waals surface area contributed by atoms with Gasteiger partial charge < -0.3 is 9.47 Å². The Bertz CT molecular complexity index is 2260. The van der Waals surface area contributed by atoms with Crippen molar-refractivity contribution in [2.45, 2.75) is 13.2 Å². The third-order valence-electron chi connectivity index (χ3n) is 8.54. The van der Waals surface area contributed by atoms with Crippen LogP contribution >= 0.6 is 0 Å². The summed E-state index contributed by atoms with van der Waals surface area (Å²) in [6, 6.07) is 33.2. The molecular formula is C40H36N8O4+2. The van der Waals surface area contributed by atoms with Gasteiger partial charge in [0.1, 0.15) is 23.9 Å². The monoisotopic (exact) mass is 692 g/mol. The molecule has 0 aliphatic heterocycles. The van der Waals surface area contributed by atoms with Gasteiger partial charge in [-0.3, -0.25) is 9.59 Å². The molecule has 0 spiro atoms. The summed E-state index contributed by atoms with van der Waals surface area (Å²) < 4.78 is 20.2. The van der Waals surface area contributed by atoms with Crippen LogP contribution in [0.5, 0.6) is 11.5 Å². The Labute approximate surface area is 299 Å². The number of nitrogens with zero attached hydrogens (tertiary/aromatic N) is 6. The number of hydrogen-bond donors (Lipinski definition) is 2. The number of fused-ring (bicyclic) bond motifs is 2. The lowest BCUT2D eigenvalue weighted by molar-refractivity contribution is -0.511.